The maximum atomic E-state index is 11.3. The highest BCUT2D eigenvalue weighted by Gasteiger charge is 2.09. The predicted octanol–water partition coefficient (Wildman–Crippen LogP) is 2.03. The average molecular weight is 290 g/mol. The number of benzene rings is 1. The molecule has 0 atom stereocenters. The number of amides is 1. The van der Waals surface area contributed by atoms with Crippen LogP contribution >= 0.6 is 10.7 Å². The molecule has 1 aromatic carbocycles. The zero-order valence-electron chi connectivity index (χ0n) is 10.4. The van der Waals surface area contributed by atoms with Gasteiger partial charge in [0.1, 0.15) is 0 Å². The fraction of sp³-hybridized carbons (Fsp3) is 0.417. The van der Waals surface area contributed by atoms with Crippen molar-refractivity contribution in [2.45, 2.75) is 24.7 Å². The Bertz CT molecular complexity index is 511. The zero-order chi connectivity index (χ0) is 13.8. The van der Waals surface area contributed by atoms with E-state index in [-0.39, 0.29) is 10.8 Å². The molecule has 4 nitrogen and oxygen atoms in total. The molecular formula is C12H16ClNO3S. The monoisotopic (exact) mass is 289 g/mol. The number of hydrogen-bond donors (Lipinski definition) is 0. The molecule has 0 saturated heterocycles. The number of hydrogen-bond acceptors (Lipinski definition) is 3. The van der Waals surface area contributed by atoms with Crippen molar-refractivity contribution in [3.8, 4) is 0 Å². The Hall–Kier alpha value is -1.07. The van der Waals surface area contributed by atoms with Crippen molar-refractivity contribution < 1.29 is 13.2 Å². The van der Waals surface area contributed by atoms with E-state index in [1.54, 1.807) is 24.1 Å². The topological polar surface area (TPSA) is 54.5 Å². The van der Waals surface area contributed by atoms with E-state index in [2.05, 4.69) is 0 Å². The van der Waals surface area contributed by atoms with Crippen LogP contribution in [0.15, 0.2) is 29.2 Å². The number of likely N-dealkylation sites (N-methyl/N-ethyl adjacent to an activating group) is 1. The Morgan fingerprint density at radius 1 is 1.28 bits per heavy atom. The van der Waals surface area contributed by atoms with Crippen molar-refractivity contribution in [2.75, 3.05) is 13.6 Å². The molecule has 0 bridgehead atoms. The Morgan fingerprint density at radius 2 is 1.83 bits per heavy atom. The molecule has 0 fully saturated rings. The van der Waals surface area contributed by atoms with Crippen LogP contribution in [0.5, 0.6) is 0 Å². The van der Waals surface area contributed by atoms with Crippen LogP contribution in [0.1, 0.15) is 18.9 Å². The molecule has 0 radical (unpaired) electrons. The van der Waals surface area contributed by atoms with Gasteiger partial charge in [-0.3, -0.25) is 4.79 Å². The van der Waals surface area contributed by atoms with E-state index in [0.717, 1.165) is 5.56 Å². The quantitative estimate of drug-likeness (QED) is 0.779. The molecule has 6 heteroatoms. The van der Waals surface area contributed by atoms with Gasteiger partial charge < -0.3 is 4.90 Å². The van der Waals surface area contributed by atoms with Gasteiger partial charge in [-0.15, -0.1) is 0 Å². The Labute approximate surface area is 112 Å². The van der Waals surface area contributed by atoms with Gasteiger partial charge in [0.2, 0.25) is 5.91 Å². The lowest BCUT2D eigenvalue weighted by Gasteiger charge is -2.16. The van der Waals surface area contributed by atoms with E-state index in [1.165, 1.54) is 12.1 Å². The van der Waals surface area contributed by atoms with Crippen LogP contribution in [-0.2, 0) is 20.3 Å². The van der Waals surface area contributed by atoms with Crippen molar-refractivity contribution in [2.24, 2.45) is 0 Å². The van der Waals surface area contributed by atoms with Crippen LogP contribution in [0.25, 0.3) is 0 Å². The summed E-state index contributed by atoms with van der Waals surface area (Å²) in [5.74, 6) is 0.0926. The number of carbonyl (C=O) groups excluding carboxylic acids is 1. The summed E-state index contributed by atoms with van der Waals surface area (Å²) in [6.45, 7) is 2.43. The fourth-order valence-electron chi connectivity index (χ4n) is 1.51. The summed E-state index contributed by atoms with van der Waals surface area (Å²) in [5, 5.41) is 0. The van der Waals surface area contributed by atoms with Crippen molar-refractivity contribution >= 4 is 25.6 Å². The van der Waals surface area contributed by atoms with E-state index in [4.69, 9.17) is 10.7 Å². The molecule has 0 aliphatic heterocycles. The minimum absolute atomic E-state index is 0.0888. The van der Waals surface area contributed by atoms with Crippen LogP contribution in [0.4, 0.5) is 0 Å². The summed E-state index contributed by atoms with van der Waals surface area (Å²) in [6, 6.07) is 6.36. The van der Waals surface area contributed by atoms with Gasteiger partial charge in [-0.2, -0.15) is 0 Å². The Balaban J connectivity index is 2.63. The molecule has 1 amide bonds. The van der Waals surface area contributed by atoms with E-state index in [9.17, 15) is 13.2 Å². The fourth-order valence-corrected chi connectivity index (χ4v) is 2.28. The summed E-state index contributed by atoms with van der Waals surface area (Å²) in [7, 11) is 3.31. The summed E-state index contributed by atoms with van der Waals surface area (Å²) < 4.78 is 22.1. The average Bonchev–Trinajstić information content (AvgIpc) is 2.34. The molecule has 0 aliphatic rings. The van der Waals surface area contributed by atoms with Crippen LogP contribution in [0.3, 0.4) is 0 Å². The highest BCUT2D eigenvalue weighted by Crippen LogP contribution is 2.15. The lowest BCUT2D eigenvalue weighted by Crippen LogP contribution is -2.27. The first-order valence-corrected chi connectivity index (χ1v) is 7.93. The Kier molecular flexibility index (Phi) is 5.16. The lowest BCUT2D eigenvalue weighted by molar-refractivity contribution is -0.129. The van der Waals surface area contributed by atoms with Gasteiger partial charge >= 0.3 is 0 Å². The predicted molar refractivity (Wildman–Crippen MR) is 71.1 cm³/mol. The first-order valence-electron chi connectivity index (χ1n) is 5.62. The molecule has 0 aliphatic carbocycles. The van der Waals surface area contributed by atoms with Gasteiger partial charge in [-0.25, -0.2) is 8.42 Å². The van der Waals surface area contributed by atoms with Crippen molar-refractivity contribution in [1.29, 1.82) is 0 Å². The minimum Gasteiger partial charge on any atom is -0.345 e. The Morgan fingerprint density at radius 3 is 2.28 bits per heavy atom. The van der Waals surface area contributed by atoms with Crippen molar-refractivity contribution in [1.82, 2.24) is 4.90 Å². The third-order valence-corrected chi connectivity index (χ3v) is 4.04. The van der Waals surface area contributed by atoms with E-state index < -0.39 is 9.05 Å². The SMILES string of the molecule is CCC(=O)N(C)CCc1ccc(S(=O)(=O)Cl)cc1. The van der Waals surface area contributed by atoms with Crippen LogP contribution in [0.2, 0.25) is 0 Å². The molecule has 18 heavy (non-hydrogen) atoms. The minimum atomic E-state index is -3.66. The van der Waals surface area contributed by atoms with Gasteiger partial charge in [0.25, 0.3) is 9.05 Å². The summed E-state index contributed by atoms with van der Waals surface area (Å²) in [5.41, 5.74) is 0.967. The number of nitrogens with zero attached hydrogens (tertiary/aromatic N) is 1. The standard InChI is InChI=1S/C12H16ClNO3S/c1-3-12(15)14(2)9-8-10-4-6-11(7-5-10)18(13,16)17/h4-7H,3,8-9H2,1-2H3. The van der Waals surface area contributed by atoms with E-state index >= 15 is 0 Å². The second-order valence-corrected chi connectivity index (χ2v) is 6.57. The molecule has 0 spiro atoms. The van der Waals surface area contributed by atoms with E-state index in [0.29, 0.717) is 19.4 Å². The number of rotatable bonds is 5. The van der Waals surface area contributed by atoms with Crippen LogP contribution in [-0.4, -0.2) is 32.8 Å². The first-order chi connectivity index (χ1) is 8.34. The highest BCUT2D eigenvalue weighted by molar-refractivity contribution is 8.13. The molecule has 0 aromatic heterocycles. The molecule has 0 saturated carbocycles. The van der Waals surface area contributed by atoms with E-state index in [1.807, 2.05) is 6.92 Å². The normalized spacial score (nSPS) is 11.3. The van der Waals surface area contributed by atoms with Gasteiger partial charge in [-0.05, 0) is 24.1 Å². The molecule has 1 aromatic rings. The number of carbonyl (C=O) groups is 1. The highest BCUT2D eigenvalue weighted by atomic mass is 35.7. The largest absolute Gasteiger partial charge is 0.345 e. The maximum absolute atomic E-state index is 11.3. The smallest absolute Gasteiger partial charge is 0.261 e. The molecule has 1 rings (SSSR count). The van der Waals surface area contributed by atoms with Crippen LogP contribution < -0.4 is 0 Å². The second-order valence-electron chi connectivity index (χ2n) is 4.00. The first kappa shape index (κ1) is 15.0. The molecule has 0 heterocycles. The maximum Gasteiger partial charge on any atom is 0.261 e. The molecule has 0 N–H and O–H groups in total. The lowest BCUT2D eigenvalue weighted by atomic mass is 10.1. The third kappa shape index (κ3) is 4.31. The van der Waals surface area contributed by atoms with Gasteiger partial charge in [0.15, 0.2) is 0 Å². The van der Waals surface area contributed by atoms with Gasteiger partial charge in [0, 0.05) is 30.7 Å². The third-order valence-electron chi connectivity index (χ3n) is 2.67. The molecule has 100 valence electrons. The summed E-state index contributed by atoms with van der Waals surface area (Å²) in [6.07, 6.45) is 1.17. The molecule has 0 unspecified atom stereocenters. The van der Waals surface area contributed by atoms with Crippen molar-refractivity contribution in [3.05, 3.63) is 29.8 Å². The number of halogens is 1. The summed E-state index contributed by atoms with van der Waals surface area (Å²) in [4.78, 5) is 13.1. The summed E-state index contributed by atoms with van der Waals surface area (Å²) >= 11 is 0. The zero-order valence-corrected chi connectivity index (χ0v) is 12.0. The van der Waals surface area contributed by atoms with Gasteiger partial charge in [-0.1, -0.05) is 19.1 Å². The van der Waals surface area contributed by atoms with Gasteiger partial charge in [0.05, 0.1) is 4.90 Å². The second kappa shape index (κ2) is 6.20. The van der Waals surface area contributed by atoms with Crippen LogP contribution in [0, 0.1) is 0 Å². The molecular weight excluding hydrogens is 274 g/mol. The van der Waals surface area contributed by atoms with Crippen molar-refractivity contribution in [3.63, 3.8) is 0 Å².